The van der Waals surface area contributed by atoms with Gasteiger partial charge >= 0.3 is 0 Å². The average molecular weight is 180 g/mol. The van der Waals surface area contributed by atoms with Crippen LogP contribution in [0.3, 0.4) is 0 Å². The summed E-state index contributed by atoms with van der Waals surface area (Å²) >= 11 is 0. The van der Waals surface area contributed by atoms with E-state index in [1.54, 1.807) is 0 Å². The molecule has 0 radical (unpaired) electrons. The van der Waals surface area contributed by atoms with Gasteiger partial charge in [-0.3, -0.25) is 0 Å². The van der Waals surface area contributed by atoms with Gasteiger partial charge in [0.1, 0.15) is 0 Å². The molecule has 2 fully saturated rings. The number of fused-ring (bicyclic) bond motifs is 1. The molecule has 76 valence electrons. The zero-order valence-corrected chi connectivity index (χ0v) is 9.85. The molecule has 0 amide bonds. The number of hydrogen-bond acceptors (Lipinski definition) is 0. The van der Waals surface area contributed by atoms with Crippen molar-refractivity contribution in [3.63, 3.8) is 0 Å². The Balaban J connectivity index is 2.23. The highest BCUT2D eigenvalue weighted by Gasteiger charge is 2.72. The lowest BCUT2D eigenvalue weighted by molar-refractivity contribution is 0.259. The van der Waals surface area contributed by atoms with E-state index in [-0.39, 0.29) is 0 Å². The van der Waals surface area contributed by atoms with E-state index in [0.29, 0.717) is 5.41 Å². The lowest BCUT2D eigenvalue weighted by Gasteiger charge is -2.24. The van der Waals surface area contributed by atoms with Crippen molar-refractivity contribution in [1.29, 1.82) is 0 Å². The third kappa shape index (κ3) is 0.980. The second-order valence-corrected chi connectivity index (χ2v) is 6.22. The van der Waals surface area contributed by atoms with E-state index in [4.69, 9.17) is 0 Å². The molecule has 2 aliphatic carbocycles. The van der Waals surface area contributed by atoms with Gasteiger partial charge in [-0.15, -0.1) is 0 Å². The van der Waals surface area contributed by atoms with Gasteiger partial charge in [-0.1, -0.05) is 41.0 Å². The summed E-state index contributed by atoms with van der Waals surface area (Å²) in [5, 5.41) is 0. The maximum atomic E-state index is 2.49. The Kier molecular flexibility index (Phi) is 1.85. The Hall–Kier alpha value is 0. The van der Waals surface area contributed by atoms with Crippen molar-refractivity contribution in [2.24, 2.45) is 28.6 Å². The van der Waals surface area contributed by atoms with Crippen molar-refractivity contribution in [3.05, 3.63) is 0 Å². The molecular formula is C13H24. The fraction of sp³-hybridized carbons (Fsp3) is 1.00. The van der Waals surface area contributed by atoms with Crippen LogP contribution in [0.25, 0.3) is 0 Å². The van der Waals surface area contributed by atoms with E-state index in [9.17, 15) is 0 Å². The molecule has 0 bridgehead atoms. The minimum atomic E-state index is 0.633. The Bertz CT molecular complexity index is 216. The Morgan fingerprint density at radius 2 is 1.85 bits per heavy atom. The van der Waals surface area contributed by atoms with Crippen LogP contribution in [0.1, 0.15) is 53.9 Å². The van der Waals surface area contributed by atoms with Crippen LogP contribution in [0.4, 0.5) is 0 Å². The molecule has 0 nitrogen and oxygen atoms in total. The van der Waals surface area contributed by atoms with Gasteiger partial charge in [-0.05, 0) is 41.4 Å². The highest BCUT2D eigenvalue weighted by molar-refractivity contribution is 5.20. The van der Waals surface area contributed by atoms with Crippen molar-refractivity contribution in [2.75, 3.05) is 0 Å². The second-order valence-electron chi connectivity index (χ2n) is 6.22. The van der Waals surface area contributed by atoms with E-state index < -0.39 is 0 Å². The third-order valence-electron chi connectivity index (χ3n) is 5.09. The Labute approximate surface area is 83.1 Å². The van der Waals surface area contributed by atoms with Gasteiger partial charge < -0.3 is 0 Å². The van der Waals surface area contributed by atoms with Gasteiger partial charge in [0.2, 0.25) is 0 Å². The summed E-state index contributed by atoms with van der Waals surface area (Å²) in [6.45, 7) is 12.3. The van der Waals surface area contributed by atoms with E-state index >= 15 is 0 Å². The Morgan fingerprint density at radius 3 is 2.23 bits per heavy atom. The lowest BCUT2D eigenvalue weighted by Crippen LogP contribution is -2.15. The van der Waals surface area contributed by atoms with Gasteiger partial charge in [0.25, 0.3) is 0 Å². The summed E-state index contributed by atoms with van der Waals surface area (Å²) in [5.41, 5.74) is 1.40. The van der Waals surface area contributed by atoms with Crippen LogP contribution >= 0.6 is 0 Å². The highest BCUT2D eigenvalue weighted by atomic mass is 14.8. The second kappa shape index (κ2) is 2.52. The largest absolute Gasteiger partial charge is 0.0654 e. The molecule has 13 heavy (non-hydrogen) atoms. The summed E-state index contributed by atoms with van der Waals surface area (Å²) in [5.74, 6) is 3.02. The van der Waals surface area contributed by atoms with Crippen molar-refractivity contribution in [3.8, 4) is 0 Å². The molecule has 0 heterocycles. The van der Waals surface area contributed by atoms with Gasteiger partial charge in [0.05, 0.1) is 0 Å². The maximum Gasteiger partial charge on any atom is -0.0207 e. The predicted molar refractivity (Wildman–Crippen MR) is 57.6 cm³/mol. The van der Waals surface area contributed by atoms with E-state index in [2.05, 4.69) is 34.6 Å². The summed E-state index contributed by atoms with van der Waals surface area (Å²) in [6, 6.07) is 0. The number of hydrogen-bond donors (Lipinski definition) is 0. The zero-order chi connectivity index (χ0) is 9.85. The fourth-order valence-corrected chi connectivity index (χ4v) is 4.98. The molecule has 0 aromatic carbocycles. The van der Waals surface area contributed by atoms with E-state index in [1.165, 1.54) is 19.3 Å². The molecule has 0 unspecified atom stereocenters. The first-order valence-electron chi connectivity index (χ1n) is 5.97. The SMILES string of the molecule is CCC[C@@]12[C@H](C)[C@@H]1C(C)(C)C[C@@H]2C. The standard InChI is InChI=1S/C13H24/c1-6-7-13-9(2)8-12(4,5)11(13)10(13)3/h9-11H,6-8H2,1-5H3/t9-,10+,11+,13+/m0/s1. The summed E-state index contributed by atoms with van der Waals surface area (Å²) < 4.78 is 0. The molecular weight excluding hydrogens is 156 g/mol. The van der Waals surface area contributed by atoms with Crippen LogP contribution in [0.5, 0.6) is 0 Å². The summed E-state index contributed by atoms with van der Waals surface area (Å²) in [6.07, 6.45) is 4.31. The first-order valence-corrected chi connectivity index (χ1v) is 5.97. The molecule has 2 saturated carbocycles. The van der Waals surface area contributed by atoms with E-state index in [0.717, 1.165) is 23.2 Å². The van der Waals surface area contributed by atoms with Gasteiger partial charge in [-0.25, -0.2) is 0 Å². The lowest BCUT2D eigenvalue weighted by atomic mass is 9.81. The molecule has 0 saturated heterocycles. The first kappa shape index (κ1) is 9.55. The zero-order valence-electron chi connectivity index (χ0n) is 9.85. The van der Waals surface area contributed by atoms with Crippen LogP contribution in [0, 0.1) is 28.6 Å². The normalized spacial score (nSPS) is 51.9. The Morgan fingerprint density at radius 1 is 1.23 bits per heavy atom. The maximum absolute atomic E-state index is 2.49. The monoisotopic (exact) mass is 180 g/mol. The van der Waals surface area contributed by atoms with Gasteiger partial charge in [-0.2, -0.15) is 0 Å². The molecule has 2 aliphatic rings. The molecule has 0 aliphatic heterocycles. The van der Waals surface area contributed by atoms with E-state index in [1.807, 2.05) is 0 Å². The van der Waals surface area contributed by atoms with Crippen LogP contribution < -0.4 is 0 Å². The van der Waals surface area contributed by atoms with Crippen molar-refractivity contribution in [1.82, 2.24) is 0 Å². The average Bonchev–Trinajstić information content (AvgIpc) is 2.50. The summed E-state index contributed by atoms with van der Waals surface area (Å²) in [4.78, 5) is 0. The fourth-order valence-electron chi connectivity index (χ4n) is 4.98. The molecule has 4 atom stereocenters. The van der Waals surface area contributed by atoms with Gasteiger partial charge in [0, 0.05) is 0 Å². The minimum Gasteiger partial charge on any atom is -0.0654 e. The van der Waals surface area contributed by atoms with Crippen molar-refractivity contribution < 1.29 is 0 Å². The summed E-state index contributed by atoms with van der Waals surface area (Å²) in [7, 11) is 0. The smallest absolute Gasteiger partial charge is 0.0207 e. The third-order valence-corrected chi connectivity index (χ3v) is 5.09. The molecule has 0 aromatic rings. The van der Waals surface area contributed by atoms with Crippen LogP contribution in [-0.2, 0) is 0 Å². The van der Waals surface area contributed by atoms with Gasteiger partial charge in [0.15, 0.2) is 0 Å². The van der Waals surface area contributed by atoms with Crippen LogP contribution in [0.15, 0.2) is 0 Å². The molecule has 0 heteroatoms. The molecule has 0 spiro atoms. The van der Waals surface area contributed by atoms with Crippen molar-refractivity contribution >= 4 is 0 Å². The highest BCUT2D eigenvalue weighted by Crippen LogP contribution is 2.78. The quantitative estimate of drug-likeness (QED) is 0.600. The van der Waals surface area contributed by atoms with Crippen molar-refractivity contribution in [2.45, 2.75) is 53.9 Å². The minimum absolute atomic E-state index is 0.633. The molecule has 0 aromatic heterocycles. The van der Waals surface area contributed by atoms with Crippen LogP contribution in [0.2, 0.25) is 0 Å². The first-order chi connectivity index (χ1) is 5.97. The number of rotatable bonds is 2. The van der Waals surface area contributed by atoms with Crippen LogP contribution in [-0.4, -0.2) is 0 Å². The molecule has 0 N–H and O–H groups in total. The molecule has 2 rings (SSSR count). The topological polar surface area (TPSA) is 0 Å². The predicted octanol–water partition coefficient (Wildman–Crippen LogP) is 4.10.